The predicted octanol–water partition coefficient (Wildman–Crippen LogP) is 1.12. The summed E-state index contributed by atoms with van der Waals surface area (Å²) in [7, 11) is 0. The second kappa shape index (κ2) is 7.40. The molecule has 2 amide bonds. The first-order chi connectivity index (χ1) is 10.5. The highest BCUT2D eigenvalue weighted by atomic mass is 16.3. The first-order valence-corrected chi connectivity index (χ1v) is 7.77. The van der Waals surface area contributed by atoms with E-state index in [1.807, 2.05) is 0 Å². The summed E-state index contributed by atoms with van der Waals surface area (Å²) in [6.07, 6.45) is 4.48. The maximum Gasteiger partial charge on any atom is 0.273 e. The Hall–Kier alpha value is -1.89. The minimum Gasteiger partial charge on any atom is -0.446 e. The number of rotatable bonds is 5. The Kier molecular flexibility index (Phi) is 5.54. The minimum atomic E-state index is -0.514. The molecule has 4 N–H and O–H groups in total. The molecule has 2 unspecified atom stereocenters. The van der Waals surface area contributed by atoms with E-state index >= 15 is 0 Å². The summed E-state index contributed by atoms with van der Waals surface area (Å²) in [5.74, 6) is 0.206. The van der Waals surface area contributed by atoms with E-state index in [4.69, 9.17) is 10.2 Å². The Balaban J connectivity index is 1.98. The topological polar surface area (TPSA) is 110 Å². The van der Waals surface area contributed by atoms with Gasteiger partial charge in [-0.2, -0.15) is 0 Å². The van der Waals surface area contributed by atoms with Crippen LogP contribution in [0.5, 0.6) is 0 Å². The van der Waals surface area contributed by atoms with Gasteiger partial charge in [-0.3, -0.25) is 9.59 Å². The fourth-order valence-electron chi connectivity index (χ4n) is 2.48. The van der Waals surface area contributed by atoms with Crippen molar-refractivity contribution in [3.05, 3.63) is 17.8 Å². The molecule has 0 saturated carbocycles. The molecule has 1 aromatic rings. The number of nitrogens with two attached hydrogens (primary N) is 1. The van der Waals surface area contributed by atoms with E-state index in [1.54, 1.807) is 0 Å². The molecule has 1 aromatic heterocycles. The molecule has 1 fully saturated rings. The van der Waals surface area contributed by atoms with Gasteiger partial charge in [0.1, 0.15) is 12.3 Å². The van der Waals surface area contributed by atoms with Crippen molar-refractivity contribution in [2.45, 2.75) is 51.6 Å². The number of carbonyl (C=O) groups is 2. The molecular weight excluding hydrogens is 284 g/mol. The highest BCUT2D eigenvalue weighted by Gasteiger charge is 2.25. The summed E-state index contributed by atoms with van der Waals surface area (Å²) in [6.45, 7) is 4.77. The van der Waals surface area contributed by atoms with Crippen LogP contribution < -0.4 is 16.4 Å². The van der Waals surface area contributed by atoms with Crippen LogP contribution in [0.1, 0.15) is 62.0 Å². The maximum atomic E-state index is 12.2. The molecule has 2 rings (SSSR count). The summed E-state index contributed by atoms with van der Waals surface area (Å²) in [6, 6.07) is -0.845. The van der Waals surface area contributed by atoms with E-state index in [1.165, 1.54) is 6.26 Å². The van der Waals surface area contributed by atoms with Crippen molar-refractivity contribution in [3.8, 4) is 0 Å². The minimum absolute atomic E-state index is 0.147. The average molecular weight is 308 g/mol. The lowest BCUT2D eigenvalue weighted by atomic mass is 10.0. The van der Waals surface area contributed by atoms with E-state index in [0.717, 1.165) is 19.3 Å². The Labute approximate surface area is 130 Å². The summed E-state index contributed by atoms with van der Waals surface area (Å²) in [4.78, 5) is 28.1. The van der Waals surface area contributed by atoms with Crippen molar-refractivity contribution in [2.75, 3.05) is 6.54 Å². The fraction of sp³-hybridized carbons (Fsp3) is 0.667. The van der Waals surface area contributed by atoms with Crippen molar-refractivity contribution >= 4 is 11.8 Å². The predicted molar refractivity (Wildman–Crippen MR) is 81.0 cm³/mol. The number of nitrogens with one attached hydrogen (secondary N) is 2. The van der Waals surface area contributed by atoms with Crippen LogP contribution in [0.25, 0.3) is 0 Å². The maximum absolute atomic E-state index is 12.2. The molecule has 0 spiro atoms. The third kappa shape index (κ3) is 4.30. The number of hydrogen-bond donors (Lipinski definition) is 3. The normalized spacial score (nSPS) is 20.4. The molecule has 7 nitrogen and oxygen atoms in total. The number of hydrogen-bond acceptors (Lipinski definition) is 5. The molecule has 1 aliphatic rings. The monoisotopic (exact) mass is 308 g/mol. The van der Waals surface area contributed by atoms with Gasteiger partial charge < -0.3 is 20.8 Å². The van der Waals surface area contributed by atoms with E-state index in [2.05, 4.69) is 29.5 Å². The Bertz CT molecular complexity index is 527. The third-order valence-electron chi connectivity index (χ3n) is 3.64. The van der Waals surface area contributed by atoms with Crippen LogP contribution in [-0.4, -0.2) is 29.4 Å². The highest BCUT2D eigenvalue weighted by Crippen LogP contribution is 2.18. The Morgan fingerprint density at radius 3 is 3.05 bits per heavy atom. The van der Waals surface area contributed by atoms with Crippen molar-refractivity contribution in [1.82, 2.24) is 15.6 Å². The second-order valence-electron chi connectivity index (χ2n) is 6.12. The molecule has 7 heteroatoms. The zero-order valence-corrected chi connectivity index (χ0v) is 13.1. The summed E-state index contributed by atoms with van der Waals surface area (Å²) in [5, 5.41) is 5.48. The van der Waals surface area contributed by atoms with Crippen LogP contribution in [0.4, 0.5) is 0 Å². The van der Waals surface area contributed by atoms with Crippen LogP contribution in [0, 0.1) is 5.92 Å². The largest absolute Gasteiger partial charge is 0.446 e. The van der Waals surface area contributed by atoms with Gasteiger partial charge in [0.2, 0.25) is 11.8 Å². The molecule has 2 atom stereocenters. The smallest absolute Gasteiger partial charge is 0.273 e. The molecule has 0 aromatic carbocycles. The standard InChI is InChI=1S/C15H24N4O3/c1-9(2)7-10(16)15-19-12(8-22-15)14(21)18-11-5-3-4-6-17-13(11)20/h8-11H,3-7,16H2,1-2H3,(H,17,20)(H,18,21). The zero-order valence-electron chi connectivity index (χ0n) is 13.1. The first kappa shape index (κ1) is 16.5. The molecule has 122 valence electrons. The zero-order chi connectivity index (χ0) is 16.1. The van der Waals surface area contributed by atoms with Crippen molar-refractivity contribution in [1.29, 1.82) is 0 Å². The van der Waals surface area contributed by atoms with Crippen molar-refractivity contribution in [2.24, 2.45) is 11.7 Å². The molecule has 2 heterocycles. The molecular formula is C15H24N4O3. The number of amides is 2. The lowest BCUT2D eigenvalue weighted by molar-refractivity contribution is -0.122. The van der Waals surface area contributed by atoms with E-state index in [9.17, 15) is 9.59 Å². The summed E-state index contributed by atoms with van der Waals surface area (Å²) < 4.78 is 5.29. The highest BCUT2D eigenvalue weighted by molar-refractivity contribution is 5.95. The molecule has 22 heavy (non-hydrogen) atoms. The third-order valence-corrected chi connectivity index (χ3v) is 3.64. The van der Waals surface area contributed by atoms with Gasteiger partial charge in [-0.25, -0.2) is 4.98 Å². The summed E-state index contributed by atoms with van der Waals surface area (Å²) in [5.41, 5.74) is 6.14. The molecule has 0 radical (unpaired) electrons. The van der Waals surface area contributed by atoms with Crippen molar-refractivity contribution < 1.29 is 14.0 Å². The Morgan fingerprint density at radius 2 is 2.32 bits per heavy atom. The molecule has 0 aliphatic carbocycles. The Morgan fingerprint density at radius 1 is 1.55 bits per heavy atom. The number of oxazole rings is 1. The first-order valence-electron chi connectivity index (χ1n) is 7.77. The average Bonchev–Trinajstić information content (AvgIpc) is 2.86. The molecule has 1 aliphatic heterocycles. The van der Waals surface area contributed by atoms with Gasteiger partial charge in [0, 0.05) is 6.54 Å². The van der Waals surface area contributed by atoms with Crippen LogP contribution in [0.3, 0.4) is 0 Å². The van der Waals surface area contributed by atoms with E-state index in [0.29, 0.717) is 24.8 Å². The van der Waals surface area contributed by atoms with Gasteiger partial charge in [0.25, 0.3) is 5.91 Å². The van der Waals surface area contributed by atoms with E-state index < -0.39 is 11.9 Å². The number of aromatic nitrogens is 1. The lowest BCUT2D eigenvalue weighted by Crippen LogP contribution is -2.45. The van der Waals surface area contributed by atoms with Gasteiger partial charge in [-0.1, -0.05) is 13.8 Å². The second-order valence-corrected chi connectivity index (χ2v) is 6.12. The number of nitrogens with zero attached hydrogens (tertiary/aromatic N) is 1. The van der Waals surface area contributed by atoms with Crippen LogP contribution in [0.15, 0.2) is 10.7 Å². The molecule has 0 bridgehead atoms. The van der Waals surface area contributed by atoms with Gasteiger partial charge >= 0.3 is 0 Å². The SMILES string of the molecule is CC(C)CC(N)c1nc(C(=O)NC2CCCCNC2=O)co1. The van der Waals surface area contributed by atoms with Gasteiger partial charge in [-0.15, -0.1) is 0 Å². The quantitative estimate of drug-likeness (QED) is 0.755. The number of carbonyl (C=O) groups excluding carboxylic acids is 2. The van der Waals surface area contributed by atoms with Crippen LogP contribution in [-0.2, 0) is 4.79 Å². The lowest BCUT2D eigenvalue weighted by Gasteiger charge is -2.14. The van der Waals surface area contributed by atoms with Crippen molar-refractivity contribution in [3.63, 3.8) is 0 Å². The summed E-state index contributed by atoms with van der Waals surface area (Å²) >= 11 is 0. The van der Waals surface area contributed by atoms with E-state index in [-0.39, 0.29) is 17.6 Å². The fourth-order valence-corrected chi connectivity index (χ4v) is 2.48. The van der Waals surface area contributed by atoms with Gasteiger partial charge in [-0.05, 0) is 31.6 Å². The van der Waals surface area contributed by atoms with Gasteiger partial charge in [0.15, 0.2) is 5.69 Å². The van der Waals surface area contributed by atoms with Gasteiger partial charge in [0.05, 0.1) is 6.04 Å². The molecule has 1 saturated heterocycles. The van der Waals surface area contributed by atoms with Crippen LogP contribution >= 0.6 is 0 Å². The van der Waals surface area contributed by atoms with Crippen LogP contribution in [0.2, 0.25) is 0 Å².